The summed E-state index contributed by atoms with van der Waals surface area (Å²) < 4.78 is 0. The molecule has 1 fully saturated rings. The molecule has 0 amide bonds. The van der Waals surface area contributed by atoms with Gasteiger partial charge in [-0.1, -0.05) is 6.92 Å². The van der Waals surface area contributed by atoms with Gasteiger partial charge in [-0.3, -0.25) is 4.90 Å². The largest absolute Gasteiger partial charge is 0.313 e. The number of piperazine rings is 1. The lowest BCUT2D eigenvalue weighted by atomic mass is 9.93. The quantitative estimate of drug-likeness (QED) is 0.804. The molecule has 1 heterocycles. The fraction of sp³-hybridized carbons (Fsp3) is 0.929. The summed E-state index contributed by atoms with van der Waals surface area (Å²) in [4.78, 5) is 4.91. The fourth-order valence-corrected chi connectivity index (χ4v) is 2.46. The number of nitrogens with zero attached hydrogens (tertiary/aromatic N) is 3. The predicted octanol–water partition coefficient (Wildman–Crippen LogP) is 1.42. The van der Waals surface area contributed by atoms with Crippen molar-refractivity contribution in [2.24, 2.45) is 5.73 Å². The van der Waals surface area contributed by atoms with Crippen LogP contribution in [0.4, 0.5) is 0 Å². The third kappa shape index (κ3) is 3.94. The van der Waals surface area contributed by atoms with Gasteiger partial charge in [0.25, 0.3) is 0 Å². The van der Waals surface area contributed by atoms with Crippen molar-refractivity contribution in [3.05, 3.63) is 0 Å². The first-order valence-electron chi connectivity index (χ1n) is 6.97. The first-order chi connectivity index (χ1) is 8.33. The maximum Gasteiger partial charge on any atom is 0.104 e. The molecule has 1 aliphatic rings. The molecule has 0 bridgehead atoms. The number of nitriles is 1. The smallest absolute Gasteiger partial charge is 0.104 e. The molecule has 0 aromatic rings. The molecule has 1 saturated heterocycles. The Morgan fingerprint density at radius 1 is 1.39 bits per heavy atom. The zero-order valence-electron chi connectivity index (χ0n) is 12.4. The Hall–Kier alpha value is -0.630. The van der Waals surface area contributed by atoms with Gasteiger partial charge in [0.2, 0.25) is 0 Å². The van der Waals surface area contributed by atoms with Crippen LogP contribution in [0.2, 0.25) is 0 Å². The second-order valence-electron chi connectivity index (χ2n) is 6.24. The van der Waals surface area contributed by atoms with Gasteiger partial charge in [0.1, 0.15) is 5.54 Å². The molecule has 18 heavy (non-hydrogen) atoms. The Morgan fingerprint density at radius 3 is 2.56 bits per heavy atom. The van der Waals surface area contributed by atoms with Crippen molar-refractivity contribution in [2.75, 3.05) is 33.2 Å². The van der Waals surface area contributed by atoms with Gasteiger partial charge in [-0.05, 0) is 46.7 Å². The molecule has 1 unspecified atom stereocenters. The molecule has 1 aliphatic heterocycles. The lowest BCUT2D eigenvalue weighted by Crippen LogP contribution is -2.57. The molecule has 0 aliphatic carbocycles. The zero-order chi connectivity index (χ0) is 13.8. The third-order valence-electron chi connectivity index (χ3n) is 4.35. The highest BCUT2D eigenvalue weighted by Crippen LogP contribution is 2.20. The van der Waals surface area contributed by atoms with Gasteiger partial charge in [-0.15, -0.1) is 0 Å². The van der Waals surface area contributed by atoms with Crippen molar-refractivity contribution in [3.8, 4) is 6.07 Å². The number of hydrogen-bond acceptors (Lipinski definition) is 4. The molecule has 0 aromatic heterocycles. The number of rotatable bonds is 5. The highest BCUT2D eigenvalue weighted by atomic mass is 15.3. The summed E-state index contributed by atoms with van der Waals surface area (Å²) in [5.41, 5.74) is 5.62. The van der Waals surface area contributed by atoms with Crippen LogP contribution in [-0.4, -0.2) is 54.1 Å². The van der Waals surface area contributed by atoms with Gasteiger partial charge < -0.3 is 10.6 Å². The van der Waals surface area contributed by atoms with Crippen LogP contribution in [0.15, 0.2) is 0 Å². The van der Waals surface area contributed by atoms with Crippen molar-refractivity contribution in [2.45, 2.75) is 51.1 Å². The standard InChI is InChI=1S/C14H28N4/c1-5-14(16,11-15)7-6-8-18-10-9-17(4)13(2,3)12-18/h5-10,12,16H2,1-4H3. The van der Waals surface area contributed by atoms with E-state index in [2.05, 4.69) is 36.8 Å². The summed E-state index contributed by atoms with van der Waals surface area (Å²) in [6, 6.07) is 2.24. The summed E-state index contributed by atoms with van der Waals surface area (Å²) in [5, 5.41) is 9.04. The number of likely N-dealkylation sites (N-methyl/N-ethyl adjacent to an activating group) is 1. The molecule has 0 radical (unpaired) electrons. The van der Waals surface area contributed by atoms with Gasteiger partial charge in [-0.25, -0.2) is 0 Å². The first-order valence-corrected chi connectivity index (χ1v) is 6.97. The second kappa shape index (κ2) is 6.01. The van der Waals surface area contributed by atoms with Crippen LogP contribution in [0.25, 0.3) is 0 Å². The van der Waals surface area contributed by atoms with E-state index in [1.165, 1.54) is 0 Å². The van der Waals surface area contributed by atoms with Gasteiger partial charge in [0.15, 0.2) is 0 Å². The van der Waals surface area contributed by atoms with E-state index in [9.17, 15) is 0 Å². The monoisotopic (exact) mass is 252 g/mol. The van der Waals surface area contributed by atoms with Crippen molar-refractivity contribution in [1.82, 2.24) is 9.80 Å². The zero-order valence-corrected chi connectivity index (χ0v) is 12.4. The van der Waals surface area contributed by atoms with Crippen LogP contribution in [0, 0.1) is 11.3 Å². The van der Waals surface area contributed by atoms with Crippen LogP contribution in [0.5, 0.6) is 0 Å². The minimum atomic E-state index is -0.623. The molecule has 0 spiro atoms. The molecule has 0 saturated carbocycles. The normalized spacial score (nSPS) is 24.4. The van der Waals surface area contributed by atoms with E-state index in [0.717, 1.165) is 45.4 Å². The van der Waals surface area contributed by atoms with Gasteiger partial charge in [0, 0.05) is 25.2 Å². The van der Waals surface area contributed by atoms with Crippen molar-refractivity contribution in [3.63, 3.8) is 0 Å². The summed E-state index contributed by atoms with van der Waals surface area (Å²) in [6.07, 6.45) is 2.54. The molecule has 1 atom stereocenters. The molecular formula is C14H28N4. The van der Waals surface area contributed by atoms with E-state index in [1.807, 2.05) is 6.92 Å². The van der Waals surface area contributed by atoms with E-state index in [1.54, 1.807) is 0 Å². The van der Waals surface area contributed by atoms with Gasteiger partial charge in [-0.2, -0.15) is 5.26 Å². The fourth-order valence-electron chi connectivity index (χ4n) is 2.46. The van der Waals surface area contributed by atoms with Crippen LogP contribution in [-0.2, 0) is 0 Å². The Morgan fingerprint density at radius 2 is 2.06 bits per heavy atom. The SMILES string of the molecule is CCC(N)(C#N)CCCN1CCN(C)C(C)(C)C1. The number of hydrogen-bond donors (Lipinski definition) is 1. The topological polar surface area (TPSA) is 56.3 Å². The Kier molecular flexibility index (Phi) is 5.15. The molecule has 2 N–H and O–H groups in total. The van der Waals surface area contributed by atoms with Gasteiger partial charge in [0.05, 0.1) is 6.07 Å². The summed E-state index contributed by atoms with van der Waals surface area (Å²) in [7, 11) is 2.19. The summed E-state index contributed by atoms with van der Waals surface area (Å²) in [5.74, 6) is 0. The summed E-state index contributed by atoms with van der Waals surface area (Å²) in [6.45, 7) is 10.9. The average molecular weight is 252 g/mol. The molecule has 4 heteroatoms. The minimum Gasteiger partial charge on any atom is -0.313 e. The lowest BCUT2D eigenvalue weighted by molar-refractivity contribution is 0.0388. The predicted molar refractivity (Wildman–Crippen MR) is 75.2 cm³/mol. The van der Waals surface area contributed by atoms with Crippen molar-refractivity contribution in [1.29, 1.82) is 5.26 Å². The van der Waals surface area contributed by atoms with Crippen molar-refractivity contribution < 1.29 is 0 Å². The maximum absolute atomic E-state index is 9.04. The first kappa shape index (κ1) is 15.4. The van der Waals surface area contributed by atoms with E-state index >= 15 is 0 Å². The molecule has 0 aromatic carbocycles. The molecule has 4 nitrogen and oxygen atoms in total. The molecule has 104 valence electrons. The Balaban J connectivity index is 2.35. The Labute approximate surface area is 112 Å². The molecular weight excluding hydrogens is 224 g/mol. The van der Waals surface area contributed by atoms with Crippen LogP contribution in [0.1, 0.15) is 40.0 Å². The van der Waals surface area contributed by atoms with E-state index in [-0.39, 0.29) is 5.54 Å². The van der Waals surface area contributed by atoms with Crippen LogP contribution >= 0.6 is 0 Å². The third-order valence-corrected chi connectivity index (χ3v) is 4.35. The van der Waals surface area contributed by atoms with E-state index in [4.69, 9.17) is 11.0 Å². The highest BCUT2D eigenvalue weighted by Gasteiger charge is 2.31. The number of nitrogens with two attached hydrogens (primary N) is 1. The average Bonchev–Trinajstić information content (AvgIpc) is 2.33. The second-order valence-corrected chi connectivity index (χ2v) is 6.24. The van der Waals surface area contributed by atoms with Crippen molar-refractivity contribution >= 4 is 0 Å². The van der Waals surface area contributed by atoms with E-state index in [0.29, 0.717) is 0 Å². The maximum atomic E-state index is 9.04. The molecule has 1 rings (SSSR count). The lowest BCUT2D eigenvalue weighted by Gasteiger charge is -2.45. The van der Waals surface area contributed by atoms with Crippen LogP contribution in [0.3, 0.4) is 0 Å². The van der Waals surface area contributed by atoms with Gasteiger partial charge >= 0.3 is 0 Å². The van der Waals surface area contributed by atoms with E-state index < -0.39 is 5.54 Å². The summed E-state index contributed by atoms with van der Waals surface area (Å²) >= 11 is 0. The Bertz CT molecular complexity index is 307. The highest BCUT2D eigenvalue weighted by molar-refractivity contribution is 5.03. The minimum absolute atomic E-state index is 0.248. The van der Waals surface area contributed by atoms with Crippen LogP contribution < -0.4 is 5.73 Å².